The molecule has 1 aliphatic carbocycles. The first-order valence-corrected chi connectivity index (χ1v) is 14.3. The van der Waals surface area contributed by atoms with Crippen LogP contribution in [0.1, 0.15) is 64.2 Å². The van der Waals surface area contributed by atoms with Gasteiger partial charge >= 0.3 is 5.97 Å². The van der Waals surface area contributed by atoms with E-state index in [0.29, 0.717) is 0 Å². The molecule has 0 saturated heterocycles. The zero-order chi connectivity index (χ0) is 28.3. The van der Waals surface area contributed by atoms with Crippen molar-refractivity contribution in [2.45, 2.75) is 83.3 Å². The van der Waals surface area contributed by atoms with Gasteiger partial charge in [-0.1, -0.05) is 44.2 Å². The van der Waals surface area contributed by atoms with Crippen molar-refractivity contribution >= 4 is 27.5 Å². The van der Waals surface area contributed by atoms with Gasteiger partial charge in [0.2, 0.25) is 10.0 Å². The van der Waals surface area contributed by atoms with Crippen LogP contribution in [0.3, 0.4) is 0 Å². The maximum Gasteiger partial charge on any atom is 0.310 e. The molecule has 9 nitrogen and oxygen atoms in total. The number of ketones is 1. The molecule has 0 aromatic heterocycles. The van der Waals surface area contributed by atoms with E-state index in [9.17, 15) is 28.1 Å². The molecule has 3 rings (SSSR count). The first-order chi connectivity index (χ1) is 17.7. The molecule has 0 bridgehead atoms. The highest BCUT2D eigenvalue weighted by Crippen LogP contribution is 2.27. The Bertz CT molecular complexity index is 1310. The summed E-state index contributed by atoms with van der Waals surface area (Å²) in [7, 11) is -4.40. The number of esters is 1. The maximum absolute atomic E-state index is 13.5. The monoisotopic (exact) mass is 544 g/mol. The van der Waals surface area contributed by atoms with Crippen molar-refractivity contribution in [2.75, 3.05) is 0 Å². The van der Waals surface area contributed by atoms with Crippen molar-refractivity contribution in [1.29, 1.82) is 0 Å². The Morgan fingerprint density at radius 2 is 1.74 bits per heavy atom. The third-order valence-electron chi connectivity index (χ3n) is 6.48. The number of nitrogens with zero attached hydrogens (tertiary/aromatic N) is 1. The molecule has 0 unspecified atom stereocenters. The topological polar surface area (TPSA) is 133 Å². The molecule has 1 N–H and O–H groups in total. The fourth-order valence-corrected chi connectivity index (χ4v) is 6.21. The van der Waals surface area contributed by atoms with Crippen molar-refractivity contribution in [2.24, 2.45) is 11.8 Å². The fraction of sp³-hybridized carbons (Fsp3) is 0.500. The van der Waals surface area contributed by atoms with Crippen molar-refractivity contribution in [3.8, 4) is 0 Å². The molecule has 2 atom stereocenters. The Balaban J connectivity index is 1.86. The number of rotatable bonds is 11. The molecule has 1 aliphatic rings. The lowest BCUT2D eigenvalue weighted by atomic mass is 9.88. The number of nitro groups is 1. The van der Waals surface area contributed by atoms with Gasteiger partial charge in [-0.2, -0.15) is 0 Å². The summed E-state index contributed by atoms with van der Waals surface area (Å²) in [4.78, 5) is 36.8. The molecule has 0 spiro atoms. The van der Waals surface area contributed by atoms with Crippen molar-refractivity contribution in [1.82, 2.24) is 4.72 Å². The lowest BCUT2D eigenvalue weighted by molar-refractivity contribution is -0.387. The molecule has 0 saturated carbocycles. The first-order valence-electron chi connectivity index (χ1n) is 12.8. The third-order valence-corrected chi connectivity index (χ3v) is 7.97. The summed E-state index contributed by atoms with van der Waals surface area (Å²) in [5.74, 6) is -2.31. The minimum absolute atomic E-state index is 0.242. The summed E-state index contributed by atoms with van der Waals surface area (Å²) in [5.41, 5.74) is 2.10. The van der Waals surface area contributed by atoms with Crippen molar-refractivity contribution in [3.05, 3.63) is 69.3 Å². The number of aryl methyl sites for hydroxylation is 2. The predicted molar refractivity (Wildman–Crippen MR) is 143 cm³/mol. The smallest absolute Gasteiger partial charge is 0.310 e. The minimum atomic E-state index is -4.40. The van der Waals surface area contributed by atoms with E-state index in [2.05, 4.69) is 16.9 Å². The summed E-state index contributed by atoms with van der Waals surface area (Å²) in [6, 6.07) is 9.86. The van der Waals surface area contributed by atoms with Gasteiger partial charge in [0.15, 0.2) is 10.7 Å². The Morgan fingerprint density at radius 3 is 2.37 bits per heavy atom. The number of nitro benzene ring substituents is 1. The molecule has 0 heterocycles. The zero-order valence-electron chi connectivity index (χ0n) is 22.5. The van der Waals surface area contributed by atoms with Crippen LogP contribution < -0.4 is 4.72 Å². The van der Waals surface area contributed by atoms with Gasteiger partial charge in [0, 0.05) is 12.5 Å². The van der Waals surface area contributed by atoms with Gasteiger partial charge in [0.05, 0.1) is 16.9 Å². The number of Topliss-reactive ketones (excluding diaryl/α,β-unsaturated/α-hetero) is 1. The van der Waals surface area contributed by atoms with Crippen LogP contribution in [0.5, 0.6) is 0 Å². The largest absolute Gasteiger partial charge is 0.460 e. The van der Waals surface area contributed by atoms with Crippen LogP contribution in [0, 0.1) is 22.0 Å². The highest BCUT2D eigenvalue weighted by molar-refractivity contribution is 7.89. The Hall–Kier alpha value is -3.11. The third kappa shape index (κ3) is 7.48. The summed E-state index contributed by atoms with van der Waals surface area (Å²) < 4.78 is 34.2. The number of ether oxygens (including phenoxy) is 1. The van der Waals surface area contributed by atoms with Crippen LogP contribution in [0.2, 0.25) is 0 Å². The summed E-state index contributed by atoms with van der Waals surface area (Å²) in [5, 5.41) is 11.4. The average molecular weight is 545 g/mol. The molecule has 2 aromatic rings. The second kappa shape index (κ2) is 11.7. The highest BCUT2D eigenvalue weighted by Gasteiger charge is 2.35. The van der Waals surface area contributed by atoms with Crippen LogP contribution in [0.15, 0.2) is 47.4 Å². The van der Waals surface area contributed by atoms with E-state index in [-0.39, 0.29) is 12.8 Å². The van der Waals surface area contributed by atoms with Crippen LogP contribution in [0.4, 0.5) is 5.69 Å². The normalized spacial score (nSPS) is 15.1. The number of sulfonamides is 1. The molecular weight excluding hydrogens is 508 g/mol. The second-order valence-corrected chi connectivity index (χ2v) is 12.8. The molecule has 206 valence electrons. The van der Waals surface area contributed by atoms with Crippen LogP contribution >= 0.6 is 0 Å². The summed E-state index contributed by atoms with van der Waals surface area (Å²) in [6.07, 6.45) is 3.12. The number of hydrogen-bond donors (Lipinski definition) is 1. The zero-order valence-corrected chi connectivity index (χ0v) is 23.3. The highest BCUT2D eigenvalue weighted by atomic mass is 32.2. The number of carbonyl (C=O) groups excluding carboxylic acids is 2. The van der Waals surface area contributed by atoms with Crippen LogP contribution in [-0.2, 0) is 43.6 Å². The lowest BCUT2D eigenvalue weighted by Gasteiger charge is -2.26. The number of benzene rings is 2. The number of carbonyl (C=O) groups is 2. The Labute approximate surface area is 224 Å². The van der Waals surface area contributed by atoms with E-state index in [0.717, 1.165) is 37.0 Å². The molecule has 10 heteroatoms. The number of hydrogen-bond acceptors (Lipinski definition) is 7. The van der Waals surface area contributed by atoms with E-state index < -0.39 is 60.8 Å². The molecule has 0 amide bonds. The number of fused-ring (bicyclic) bond motifs is 1. The van der Waals surface area contributed by atoms with Gasteiger partial charge in [-0.05, 0) is 75.1 Å². The van der Waals surface area contributed by atoms with E-state index >= 15 is 0 Å². The quantitative estimate of drug-likeness (QED) is 0.249. The van der Waals surface area contributed by atoms with Gasteiger partial charge < -0.3 is 4.74 Å². The van der Waals surface area contributed by atoms with Gasteiger partial charge in [0.1, 0.15) is 5.60 Å². The van der Waals surface area contributed by atoms with Crippen LogP contribution in [-0.4, -0.2) is 36.7 Å². The van der Waals surface area contributed by atoms with Gasteiger partial charge in [-0.25, -0.2) is 13.1 Å². The summed E-state index contributed by atoms with van der Waals surface area (Å²) >= 11 is 0. The van der Waals surface area contributed by atoms with E-state index in [4.69, 9.17) is 4.74 Å². The second-order valence-electron chi connectivity index (χ2n) is 11.1. The Kier molecular flexibility index (Phi) is 9.09. The van der Waals surface area contributed by atoms with Crippen LogP contribution in [0.25, 0.3) is 0 Å². The predicted octanol–water partition coefficient (Wildman–Crippen LogP) is 4.55. The molecule has 0 radical (unpaired) electrons. The van der Waals surface area contributed by atoms with Gasteiger partial charge in [-0.3, -0.25) is 19.7 Å². The molecular formula is C28H36N2O7S. The van der Waals surface area contributed by atoms with Gasteiger partial charge in [-0.15, -0.1) is 0 Å². The first kappa shape index (κ1) is 29.4. The number of para-hydroxylation sites is 1. The van der Waals surface area contributed by atoms with Gasteiger partial charge in [0.25, 0.3) is 5.69 Å². The lowest BCUT2D eigenvalue weighted by Crippen LogP contribution is -2.45. The van der Waals surface area contributed by atoms with Crippen molar-refractivity contribution in [3.63, 3.8) is 0 Å². The summed E-state index contributed by atoms with van der Waals surface area (Å²) in [6.45, 7) is 8.59. The molecule has 0 fully saturated rings. The van der Waals surface area contributed by atoms with E-state index in [1.165, 1.54) is 23.3 Å². The molecule has 0 aliphatic heterocycles. The average Bonchev–Trinajstić information content (AvgIpc) is 3.28. The number of nitrogens with one attached hydrogen (secondary N) is 1. The SMILES string of the molecule is CC(C)[C@H](NS(=O)(=O)c1ccccc1[N+](=O)[O-])C(=O)C[C@@H](Cc1ccc2c(c1)CCC2)C(=O)OC(C)(C)C. The fourth-order valence-electron chi connectivity index (χ4n) is 4.67. The molecule has 38 heavy (non-hydrogen) atoms. The molecule has 2 aromatic carbocycles. The Morgan fingerprint density at radius 1 is 1.08 bits per heavy atom. The minimum Gasteiger partial charge on any atom is -0.460 e. The van der Waals surface area contributed by atoms with E-state index in [1.807, 2.05) is 6.07 Å². The maximum atomic E-state index is 13.5. The van der Waals surface area contributed by atoms with E-state index in [1.54, 1.807) is 34.6 Å². The van der Waals surface area contributed by atoms with Crippen molar-refractivity contribution < 1.29 is 27.7 Å². The standard InChI is InChI=1S/C28H36N2O7S/c1-18(2)26(29-38(35,36)25-12-7-6-11-23(25)30(33)34)24(31)17-22(27(32)37-28(3,4)5)16-19-13-14-20-9-8-10-21(20)15-19/h6-7,11-15,18,22,26,29H,8-10,16-17H2,1-5H3/t22-,26+/m1/s1.